The highest BCUT2D eigenvalue weighted by molar-refractivity contribution is 6.04. The first-order chi connectivity index (χ1) is 9.49. The standard InChI is InChI=1S/C13H20N2O5/c1-2-20-12(19)15-7-3-9(4-8-15)14-10(16)13(5-6-13)11(17)18/h9H,2-8H2,1H3,(H,14,16)(H,17,18). The summed E-state index contributed by atoms with van der Waals surface area (Å²) in [7, 11) is 0. The molecule has 0 aromatic rings. The van der Waals surface area contributed by atoms with Gasteiger partial charge in [-0.25, -0.2) is 4.79 Å². The number of aliphatic carboxylic acids is 1. The molecule has 2 rings (SSSR count). The highest BCUT2D eigenvalue weighted by Crippen LogP contribution is 2.46. The first-order valence-corrected chi connectivity index (χ1v) is 6.95. The number of nitrogens with one attached hydrogen (secondary N) is 1. The zero-order chi connectivity index (χ0) is 14.8. The van der Waals surface area contributed by atoms with Crippen LogP contribution in [0, 0.1) is 5.41 Å². The number of ether oxygens (including phenoxy) is 1. The number of carboxylic acids is 1. The third kappa shape index (κ3) is 2.86. The summed E-state index contributed by atoms with van der Waals surface area (Å²) in [6.07, 6.45) is 1.74. The molecule has 112 valence electrons. The Balaban J connectivity index is 1.79. The van der Waals surface area contributed by atoms with E-state index in [0.717, 1.165) is 0 Å². The van der Waals surface area contributed by atoms with Crippen molar-refractivity contribution in [2.24, 2.45) is 5.41 Å². The average Bonchev–Trinajstić information content (AvgIpc) is 3.21. The van der Waals surface area contributed by atoms with Crippen molar-refractivity contribution in [2.75, 3.05) is 19.7 Å². The summed E-state index contributed by atoms with van der Waals surface area (Å²) in [5.41, 5.74) is -1.20. The van der Waals surface area contributed by atoms with Crippen LogP contribution in [0.3, 0.4) is 0 Å². The minimum absolute atomic E-state index is 0.0648. The summed E-state index contributed by atoms with van der Waals surface area (Å²) >= 11 is 0. The fraction of sp³-hybridized carbons (Fsp3) is 0.769. The molecule has 0 atom stereocenters. The van der Waals surface area contributed by atoms with E-state index in [1.165, 1.54) is 0 Å². The van der Waals surface area contributed by atoms with Gasteiger partial charge in [-0.3, -0.25) is 9.59 Å². The number of likely N-dealkylation sites (tertiary alicyclic amines) is 1. The van der Waals surface area contributed by atoms with Gasteiger partial charge in [-0.2, -0.15) is 0 Å². The summed E-state index contributed by atoms with van der Waals surface area (Å²) in [5, 5.41) is 11.8. The Morgan fingerprint density at radius 1 is 1.30 bits per heavy atom. The number of carbonyl (C=O) groups is 3. The van der Waals surface area contributed by atoms with Crippen LogP contribution in [-0.4, -0.2) is 53.7 Å². The monoisotopic (exact) mass is 284 g/mol. The van der Waals surface area contributed by atoms with Crippen LogP contribution in [-0.2, 0) is 14.3 Å². The van der Waals surface area contributed by atoms with E-state index in [2.05, 4.69) is 5.32 Å². The van der Waals surface area contributed by atoms with Crippen LogP contribution in [0.4, 0.5) is 4.79 Å². The van der Waals surface area contributed by atoms with Gasteiger partial charge < -0.3 is 20.1 Å². The summed E-state index contributed by atoms with van der Waals surface area (Å²) in [4.78, 5) is 36.1. The molecule has 2 N–H and O–H groups in total. The Morgan fingerprint density at radius 2 is 1.90 bits per heavy atom. The second-order valence-corrected chi connectivity index (χ2v) is 5.32. The molecule has 1 aliphatic heterocycles. The number of hydrogen-bond acceptors (Lipinski definition) is 4. The van der Waals surface area contributed by atoms with Gasteiger partial charge in [0.15, 0.2) is 0 Å². The molecule has 0 spiro atoms. The zero-order valence-electron chi connectivity index (χ0n) is 11.6. The first kappa shape index (κ1) is 14.6. The van der Waals surface area contributed by atoms with Crippen molar-refractivity contribution in [2.45, 2.75) is 38.6 Å². The maximum absolute atomic E-state index is 12.0. The molecule has 2 fully saturated rings. The minimum atomic E-state index is -1.20. The lowest BCUT2D eigenvalue weighted by atomic mass is 10.0. The summed E-state index contributed by atoms with van der Waals surface area (Å²) < 4.78 is 4.92. The molecule has 1 aliphatic carbocycles. The number of piperidine rings is 1. The second kappa shape index (κ2) is 5.68. The fourth-order valence-corrected chi connectivity index (χ4v) is 2.41. The van der Waals surface area contributed by atoms with E-state index in [1.807, 2.05) is 0 Å². The topological polar surface area (TPSA) is 95.9 Å². The zero-order valence-corrected chi connectivity index (χ0v) is 11.6. The Kier molecular flexibility index (Phi) is 4.15. The van der Waals surface area contributed by atoms with Gasteiger partial charge in [0, 0.05) is 19.1 Å². The first-order valence-electron chi connectivity index (χ1n) is 6.95. The smallest absolute Gasteiger partial charge is 0.409 e. The lowest BCUT2D eigenvalue weighted by Gasteiger charge is -2.32. The van der Waals surface area contributed by atoms with E-state index < -0.39 is 11.4 Å². The number of rotatable bonds is 4. The summed E-state index contributed by atoms with van der Waals surface area (Å²) in [6, 6.07) is -0.0648. The van der Waals surface area contributed by atoms with E-state index in [9.17, 15) is 14.4 Å². The van der Waals surface area contributed by atoms with Gasteiger partial charge >= 0.3 is 12.1 Å². The molecule has 0 unspecified atom stereocenters. The van der Waals surface area contributed by atoms with Gasteiger partial charge in [-0.15, -0.1) is 0 Å². The van der Waals surface area contributed by atoms with Gasteiger partial charge in [0.05, 0.1) is 6.61 Å². The number of amides is 2. The molecular formula is C13H20N2O5. The van der Waals surface area contributed by atoms with Crippen molar-refractivity contribution in [1.29, 1.82) is 0 Å². The Hall–Kier alpha value is -1.79. The SMILES string of the molecule is CCOC(=O)N1CCC(NC(=O)C2(C(=O)O)CC2)CC1. The summed E-state index contributed by atoms with van der Waals surface area (Å²) in [6.45, 7) is 3.14. The molecule has 0 aromatic heterocycles. The lowest BCUT2D eigenvalue weighted by molar-refractivity contribution is -0.149. The summed E-state index contributed by atoms with van der Waals surface area (Å²) in [5.74, 6) is -1.43. The molecule has 1 saturated carbocycles. The van der Waals surface area contributed by atoms with Crippen molar-refractivity contribution in [1.82, 2.24) is 10.2 Å². The van der Waals surface area contributed by atoms with Crippen LogP contribution in [0.25, 0.3) is 0 Å². The number of carbonyl (C=O) groups excluding carboxylic acids is 2. The van der Waals surface area contributed by atoms with Crippen LogP contribution in [0.2, 0.25) is 0 Å². The Bertz CT molecular complexity index is 411. The minimum Gasteiger partial charge on any atom is -0.480 e. The fourth-order valence-electron chi connectivity index (χ4n) is 2.41. The predicted octanol–water partition coefficient (Wildman–Crippen LogP) is 0.588. The van der Waals surface area contributed by atoms with Crippen LogP contribution in [0.15, 0.2) is 0 Å². The molecule has 20 heavy (non-hydrogen) atoms. The molecule has 2 amide bonds. The molecule has 1 heterocycles. The number of nitrogens with zero attached hydrogens (tertiary/aromatic N) is 1. The molecule has 2 aliphatic rings. The highest BCUT2D eigenvalue weighted by Gasteiger charge is 2.57. The van der Waals surface area contributed by atoms with Gasteiger partial charge in [0.1, 0.15) is 5.41 Å². The van der Waals surface area contributed by atoms with Gasteiger partial charge in [-0.1, -0.05) is 0 Å². The number of carboxylic acid groups (broad SMARTS) is 1. The van der Waals surface area contributed by atoms with Crippen molar-refractivity contribution >= 4 is 18.0 Å². The van der Waals surface area contributed by atoms with E-state index in [0.29, 0.717) is 45.4 Å². The van der Waals surface area contributed by atoms with Crippen LogP contribution < -0.4 is 5.32 Å². The molecule has 0 bridgehead atoms. The molecule has 7 nitrogen and oxygen atoms in total. The molecule has 0 radical (unpaired) electrons. The third-order valence-electron chi connectivity index (χ3n) is 3.95. The molecule has 0 aromatic carbocycles. The normalized spacial score (nSPS) is 21.1. The van der Waals surface area contributed by atoms with Gasteiger partial charge in [-0.05, 0) is 32.6 Å². The second-order valence-electron chi connectivity index (χ2n) is 5.32. The van der Waals surface area contributed by atoms with E-state index in [-0.39, 0.29) is 18.0 Å². The van der Waals surface area contributed by atoms with Crippen molar-refractivity contribution in [3.8, 4) is 0 Å². The predicted molar refractivity (Wildman–Crippen MR) is 69.1 cm³/mol. The largest absolute Gasteiger partial charge is 0.480 e. The van der Waals surface area contributed by atoms with Crippen LogP contribution in [0.5, 0.6) is 0 Å². The van der Waals surface area contributed by atoms with Crippen LogP contribution >= 0.6 is 0 Å². The number of hydrogen-bond donors (Lipinski definition) is 2. The van der Waals surface area contributed by atoms with Gasteiger partial charge in [0.2, 0.25) is 5.91 Å². The van der Waals surface area contributed by atoms with Crippen molar-refractivity contribution < 1.29 is 24.2 Å². The van der Waals surface area contributed by atoms with E-state index in [1.54, 1.807) is 11.8 Å². The highest BCUT2D eigenvalue weighted by atomic mass is 16.6. The van der Waals surface area contributed by atoms with Crippen LogP contribution in [0.1, 0.15) is 32.6 Å². The van der Waals surface area contributed by atoms with E-state index in [4.69, 9.17) is 9.84 Å². The maximum Gasteiger partial charge on any atom is 0.409 e. The average molecular weight is 284 g/mol. The Morgan fingerprint density at radius 3 is 2.35 bits per heavy atom. The quantitative estimate of drug-likeness (QED) is 0.736. The third-order valence-corrected chi connectivity index (χ3v) is 3.95. The van der Waals surface area contributed by atoms with Crippen molar-refractivity contribution in [3.05, 3.63) is 0 Å². The Labute approximate surface area is 117 Å². The lowest BCUT2D eigenvalue weighted by Crippen LogP contribution is -2.49. The molecule has 7 heteroatoms. The maximum atomic E-state index is 12.0. The molecular weight excluding hydrogens is 264 g/mol. The van der Waals surface area contributed by atoms with Gasteiger partial charge in [0.25, 0.3) is 0 Å². The van der Waals surface area contributed by atoms with Crippen molar-refractivity contribution in [3.63, 3.8) is 0 Å². The molecule has 1 saturated heterocycles. The van der Waals surface area contributed by atoms with E-state index >= 15 is 0 Å².